The summed E-state index contributed by atoms with van der Waals surface area (Å²) >= 11 is 0. The standard InChI is InChI=1S/C20H25N3O3/c1-2-26-20(25)16-10-8-15(9-11-16)13-22-14-17(12-21)19(24)23-18-6-4-3-5-7-18/h8-11,14,18,22H,2-7,13H2,1H3,(H,23,24)/b17-14-. The van der Waals surface area contributed by atoms with E-state index in [4.69, 9.17) is 4.74 Å². The van der Waals surface area contributed by atoms with Gasteiger partial charge in [0, 0.05) is 18.8 Å². The fraction of sp³-hybridized carbons (Fsp3) is 0.450. The third-order valence-corrected chi connectivity index (χ3v) is 4.32. The third kappa shape index (κ3) is 5.92. The summed E-state index contributed by atoms with van der Waals surface area (Å²) in [6.07, 6.45) is 6.85. The average Bonchev–Trinajstić information content (AvgIpc) is 2.66. The van der Waals surface area contributed by atoms with Crippen LogP contribution < -0.4 is 10.6 Å². The summed E-state index contributed by atoms with van der Waals surface area (Å²) in [4.78, 5) is 23.8. The quantitative estimate of drug-likeness (QED) is 0.446. The zero-order valence-electron chi connectivity index (χ0n) is 15.1. The van der Waals surface area contributed by atoms with Crippen LogP contribution in [0.2, 0.25) is 0 Å². The molecule has 2 rings (SSSR count). The third-order valence-electron chi connectivity index (χ3n) is 4.32. The van der Waals surface area contributed by atoms with Crippen LogP contribution in [-0.2, 0) is 16.1 Å². The van der Waals surface area contributed by atoms with E-state index >= 15 is 0 Å². The van der Waals surface area contributed by atoms with Gasteiger partial charge in [-0.3, -0.25) is 4.79 Å². The zero-order valence-corrected chi connectivity index (χ0v) is 15.1. The fourth-order valence-electron chi connectivity index (χ4n) is 2.90. The summed E-state index contributed by atoms with van der Waals surface area (Å²) in [5.41, 5.74) is 1.49. The second-order valence-electron chi connectivity index (χ2n) is 6.28. The van der Waals surface area contributed by atoms with E-state index in [-0.39, 0.29) is 23.5 Å². The molecule has 1 aliphatic rings. The molecule has 0 radical (unpaired) electrons. The molecule has 0 aromatic heterocycles. The van der Waals surface area contributed by atoms with Crippen molar-refractivity contribution < 1.29 is 14.3 Å². The van der Waals surface area contributed by atoms with Crippen molar-refractivity contribution in [3.05, 3.63) is 47.2 Å². The van der Waals surface area contributed by atoms with Crippen molar-refractivity contribution >= 4 is 11.9 Å². The number of amides is 1. The average molecular weight is 355 g/mol. The molecule has 6 nitrogen and oxygen atoms in total. The summed E-state index contributed by atoms with van der Waals surface area (Å²) < 4.78 is 4.94. The largest absolute Gasteiger partial charge is 0.462 e. The summed E-state index contributed by atoms with van der Waals surface area (Å²) in [5, 5.41) is 15.1. The highest BCUT2D eigenvalue weighted by molar-refractivity contribution is 5.97. The van der Waals surface area contributed by atoms with Crippen molar-refractivity contribution in [2.75, 3.05) is 6.61 Å². The Labute approximate surface area is 154 Å². The Hall–Kier alpha value is -2.81. The Balaban J connectivity index is 1.85. The van der Waals surface area contributed by atoms with Crippen LogP contribution in [0.3, 0.4) is 0 Å². The number of hydrogen-bond acceptors (Lipinski definition) is 5. The molecule has 0 heterocycles. The van der Waals surface area contributed by atoms with Crippen LogP contribution in [0, 0.1) is 11.3 Å². The number of ether oxygens (including phenoxy) is 1. The Morgan fingerprint density at radius 1 is 1.23 bits per heavy atom. The van der Waals surface area contributed by atoms with Gasteiger partial charge in [0.05, 0.1) is 12.2 Å². The van der Waals surface area contributed by atoms with Crippen LogP contribution >= 0.6 is 0 Å². The van der Waals surface area contributed by atoms with Crippen LogP contribution in [0.1, 0.15) is 54.9 Å². The maximum atomic E-state index is 12.2. The minimum atomic E-state index is -0.349. The van der Waals surface area contributed by atoms with Crippen LogP contribution in [0.4, 0.5) is 0 Å². The van der Waals surface area contributed by atoms with E-state index in [2.05, 4.69) is 10.6 Å². The number of rotatable bonds is 7. The first-order valence-corrected chi connectivity index (χ1v) is 9.04. The molecule has 138 valence electrons. The van der Waals surface area contributed by atoms with Gasteiger partial charge in [-0.1, -0.05) is 31.4 Å². The highest BCUT2D eigenvalue weighted by atomic mass is 16.5. The molecular formula is C20H25N3O3. The second kappa shape index (κ2) is 10.2. The predicted octanol–water partition coefficient (Wildman–Crippen LogP) is 2.81. The summed E-state index contributed by atoms with van der Waals surface area (Å²) in [6, 6.07) is 9.11. The van der Waals surface area contributed by atoms with Crippen LogP contribution in [0.15, 0.2) is 36.0 Å². The predicted molar refractivity (Wildman–Crippen MR) is 97.9 cm³/mol. The first kappa shape index (κ1) is 19.5. The van der Waals surface area contributed by atoms with Gasteiger partial charge in [0.25, 0.3) is 5.91 Å². The van der Waals surface area contributed by atoms with Crippen LogP contribution in [-0.4, -0.2) is 24.5 Å². The van der Waals surface area contributed by atoms with Gasteiger partial charge in [-0.2, -0.15) is 5.26 Å². The number of esters is 1. The monoisotopic (exact) mass is 355 g/mol. The molecular weight excluding hydrogens is 330 g/mol. The Bertz CT molecular complexity index is 683. The molecule has 0 atom stereocenters. The number of benzene rings is 1. The Morgan fingerprint density at radius 3 is 2.54 bits per heavy atom. The molecule has 0 bridgehead atoms. The molecule has 1 fully saturated rings. The molecule has 1 aliphatic carbocycles. The molecule has 1 aromatic carbocycles. The van der Waals surface area contributed by atoms with E-state index in [9.17, 15) is 14.9 Å². The zero-order chi connectivity index (χ0) is 18.8. The van der Waals surface area contributed by atoms with Crippen molar-refractivity contribution in [3.8, 4) is 6.07 Å². The molecule has 1 saturated carbocycles. The van der Waals surface area contributed by atoms with Gasteiger partial charge in [0.2, 0.25) is 0 Å². The maximum absolute atomic E-state index is 12.2. The van der Waals surface area contributed by atoms with E-state index in [1.54, 1.807) is 31.2 Å². The summed E-state index contributed by atoms with van der Waals surface area (Å²) in [5.74, 6) is -0.678. The molecule has 0 aliphatic heterocycles. The van der Waals surface area contributed by atoms with E-state index in [1.165, 1.54) is 12.6 Å². The van der Waals surface area contributed by atoms with Gasteiger partial charge in [-0.15, -0.1) is 0 Å². The van der Waals surface area contributed by atoms with Gasteiger partial charge in [-0.25, -0.2) is 4.79 Å². The number of hydrogen-bond donors (Lipinski definition) is 2. The van der Waals surface area contributed by atoms with Crippen molar-refractivity contribution in [2.24, 2.45) is 0 Å². The topological polar surface area (TPSA) is 91.2 Å². The minimum Gasteiger partial charge on any atom is -0.462 e. The Kier molecular flexibility index (Phi) is 7.69. The maximum Gasteiger partial charge on any atom is 0.338 e. The minimum absolute atomic E-state index is 0.0683. The van der Waals surface area contributed by atoms with Crippen LogP contribution in [0.5, 0.6) is 0 Å². The number of carbonyl (C=O) groups is 2. The van der Waals surface area contributed by atoms with Crippen molar-refractivity contribution in [1.29, 1.82) is 5.26 Å². The lowest BCUT2D eigenvalue weighted by molar-refractivity contribution is -0.118. The second-order valence-corrected chi connectivity index (χ2v) is 6.28. The normalized spacial score (nSPS) is 15.0. The van der Waals surface area contributed by atoms with E-state index < -0.39 is 0 Å². The molecule has 0 spiro atoms. The molecule has 1 amide bonds. The lowest BCUT2D eigenvalue weighted by atomic mass is 9.95. The van der Waals surface area contributed by atoms with Crippen molar-refractivity contribution in [2.45, 2.75) is 51.6 Å². The van der Waals surface area contributed by atoms with Gasteiger partial charge in [0.15, 0.2) is 0 Å². The van der Waals surface area contributed by atoms with E-state index in [0.29, 0.717) is 18.7 Å². The van der Waals surface area contributed by atoms with Crippen molar-refractivity contribution in [1.82, 2.24) is 10.6 Å². The molecule has 1 aromatic rings. The van der Waals surface area contributed by atoms with Crippen LogP contribution in [0.25, 0.3) is 0 Å². The lowest BCUT2D eigenvalue weighted by Gasteiger charge is -2.22. The lowest BCUT2D eigenvalue weighted by Crippen LogP contribution is -2.37. The molecule has 0 unspecified atom stereocenters. The van der Waals surface area contributed by atoms with Gasteiger partial charge in [0.1, 0.15) is 11.6 Å². The summed E-state index contributed by atoms with van der Waals surface area (Å²) in [7, 11) is 0. The summed E-state index contributed by atoms with van der Waals surface area (Å²) in [6.45, 7) is 2.55. The highest BCUT2D eigenvalue weighted by Gasteiger charge is 2.17. The molecule has 2 N–H and O–H groups in total. The number of nitriles is 1. The first-order valence-electron chi connectivity index (χ1n) is 9.04. The number of nitrogens with one attached hydrogen (secondary N) is 2. The molecule has 6 heteroatoms. The first-order chi connectivity index (χ1) is 12.6. The van der Waals surface area contributed by atoms with E-state index in [1.807, 2.05) is 6.07 Å². The van der Waals surface area contributed by atoms with Gasteiger partial charge in [-0.05, 0) is 37.5 Å². The highest BCUT2D eigenvalue weighted by Crippen LogP contribution is 2.17. The molecule has 26 heavy (non-hydrogen) atoms. The smallest absolute Gasteiger partial charge is 0.338 e. The number of nitrogens with zero attached hydrogens (tertiary/aromatic N) is 1. The SMILES string of the molecule is CCOC(=O)c1ccc(CN/C=C(/C#N)C(=O)NC2CCCCC2)cc1. The number of carbonyl (C=O) groups excluding carboxylic acids is 2. The molecule has 0 saturated heterocycles. The van der Waals surface area contributed by atoms with Gasteiger partial charge < -0.3 is 15.4 Å². The van der Waals surface area contributed by atoms with Crippen molar-refractivity contribution in [3.63, 3.8) is 0 Å². The fourth-order valence-corrected chi connectivity index (χ4v) is 2.90. The van der Waals surface area contributed by atoms with E-state index in [0.717, 1.165) is 31.2 Å². The Morgan fingerprint density at radius 2 is 1.92 bits per heavy atom. The van der Waals surface area contributed by atoms with Gasteiger partial charge >= 0.3 is 5.97 Å².